The maximum Gasteiger partial charge on any atom is 0.263 e. The zero-order valence-electron chi connectivity index (χ0n) is 14.5. The topological polar surface area (TPSA) is 100 Å². The van der Waals surface area contributed by atoms with E-state index in [0.717, 1.165) is 18.5 Å². The second-order valence-electron chi connectivity index (χ2n) is 6.37. The number of amides is 1. The number of nitrogens with one attached hydrogen (secondary N) is 3. The predicted octanol–water partition coefficient (Wildman–Crippen LogP) is 3.20. The van der Waals surface area contributed by atoms with Crippen LogP contribution >= 0.6 is 0 Å². The van der Waals surface area contributed by atoms with Crippen LogP contribution in [0.15, 0.2) is 47.5 Å². The molecule has 8 heteroatoms. The Morgan fingerprint density at radius 1 is 1.04 bits per heavy atom. The van der Waals surface area contributed by atoms with E-state index < -0.39 is 10.0 Å². The molecule has 1 aromatic carbocycles. The normalized spacial score (nSPS) is 14.8. The lowest BCUT2D eigenvalue weighted by atomic mass is 10.2. The summed E-state index contributed by atoms with van der Waals surface area (Å²) in [6.07, 6.45) is 6.43. The van der Waals surface area contributed by atoms with Crippen LogP contribution in [0, 0.1) is 0 Å². The first-order valence-electron chi connectivity index (χ1n) is 8.55. The highest BCUT2D eigenvalue weighted by molar-refractivity contribution is 7.92. The Bertz CT molecular complexity index is 858. The van der Waals surface area contributed by atoms with Crippen molar-refractivity contribution >= 4 is 33.1 Å². The van der Waals surface area contributed by atoms with Gasteiger partial charge in [-0.05, 0) is 49.2 Å². The molecule has 1 aromatic heterocycles. The van der Waals surface area contributed by atoms with Gasteiger partial charge in [-0.3, -0.25) is 9.52 Å². The highest BCUT2D eigenvalue weighted by Crippen LogP contribution is 2.23. The Morgan fingerprint density at radius 2 is 1.69 bits per heavy atom. The molecule has 0 aliphatic heterocycles. The number of nitrogens with zero attached hydrogens (tertiary/aromatic N) is 1. The van der Waals surface area contributed by atoms with Gasteiger partial charge in [0.05, 0.1) is 16.8 Å². The van der Waals surface area contributed by atoms with Gasteiger partial charge in [-0.1, -0.05) is 12.8 Å². The van der Waals surface area contributed by atoms with E-state index in [2.05, 4.69) is 20.3 Å². The molecule has 1 heterocycles. The van der Waals surface area contributed by atoms with Gasteiger partial charge in [0.15, 0.2) is 0 Å². The fraction of sp³-hybridized carbons (Fsp3) is 0.333. The van der Waals surface area contributed by atoms with E-state index in [0.29, 0.717) is 11.7 Å². The van der Waals surface area contributed by atoms with Gasteiger partial charge in [0.1, 0.15) is 5.82 Å². The first-order valence-corrected chi connectivity index (χ1v) is 10.0. The SMILES string of the molecule is CC(=O)Nc1ccc(S(=O)(=O)Nc2ccc(NC3CCCC3)cn2)cc1. The monoisotopic (exact) mass is 374 g/mol. The number of anilines is 3. The van der Waals surface area contributed by atoms with Crippen LogP contribution in [0.4, 0.5) is 17.2 Å². The molecule has 26 heavy (non-hydrogen) atoms. The van der Waals surface area contributed by atoms with E-state index in [4.69, 9.17) is 0 Å². The summed E-state index contributed by atoms with van der Waals surface area (Å²) in [4.78, 5) is 15.3. The van der Waals surface area contributed by atoms with Crippen molar-refractivity contribution in [1.29, 1.82) is 0 Å². The van der Waals surface area contributed by atoms with Gasteiger partial charge in [-0.2, -0.15) is 0 Å². The number of carbonyl (C=O) groups excluding carboxylic acids is 1. The van der Waals surface area contributed by atoms with E-state index in [1.165, 1.54) is 44.0 Å². The molecular weight excluding hydrogens is 352 g/mol. The van der Waals surface area contributed by atoms with Gasteiger partial charge < -0.3 is 10.6 Å². The lowest BCUT2D eigenvalue weighted by Gasteiger charge is -2.13. The third kappa shape index (κ3) is 4.72. The molecule has 1 amide bonds. The van der Waals surface area contributed by atoms with Gasteiger partial charge in [-0.15, -0.1) is 0 Å². The Kier molecular flexibility index (Phi) is 5.41. The Balaban J connectivity index is 1.65. The second kappa shape index (κ2) is 7.74. The Hall–Kier alpha value is -2.61. The van der Waals surface area contributed by atoms with E-state index in [1.807, 2.05) is 6.07 Å². The molecule has 7 nitrogen and oxygen atoms in total. The van der Waals surface area contributed by atoms with Crippen molar-refractivity contribution in [2.75, 3.05) is 15.4 Å². The quantitative estimate of drug-likeness (QED) is 0.721. The zero-order valence-corrected chi connectivity index (χ0v) is 15.3. The predicted molar refractivity (Wildman–Crippen MR) is 102 cm³/mol. The summed E-state index contributed by atoms with van der Waals surface area (Å²) in [6.45, 7) is 1.39. The number of hydrogen-bond acceptors (Lipinski definition) is 5. The standard InChI is InChI=1S/C18H22N4O3S/c1-13(23)20-15-6-9-17(10-7-15)26(24,25)22-18-11-8-16(12-19-18)21-14-4-2-3-5-14/h6-12,14,21H,2-5H2,1H3,(H,19,22)(H,20,23). The molecule has 0 spiro atoms. The van der Waals surface area contributed by atoms with Crippen LogP contribution in [0.5, 0.6) is 0 Å². The van der Waals surface area contributed by atoms with Crippen molar-refractivity contribution in [2.45, 2.75) is 43.5 Å². The minimum Gasteiger partial charge on any atom is -0.381 e. The molecule has 0 atom stereocenters. The van der Waals surface area contributed by atoms with Crippen LogP contribution in [0.25, 0.3) is 0 Å². The summed E-state index contributed by atoms with van der Waals surface area (Å²) in [6, 6.07) is 9.88. The second-order valence-corrected chi connectivity index (χ2v) is 8.05. The lowest BCUT2D eigenvalue weighted by Crippen LogP contribution is -2.16. The maximum atomic E-state index is 12.4. The van der Waals surface area contributed by atoms with Crippen molar-refractivity contribution in [1.82, 2.24) is 4.98 Å². The van der Waals surface area contributed by atoms with E-state index in [9.17, 15) is 13.2 Å². The molecule has 0 bridgehead atoms. The molecule has 0 unspecified atom stereocenters. The number of benzene rings is 1. The van der Waals surface area contributed by atoms with Crippen LogP contribution in [0.2, 0.25) is 0 Å². The lowest BCUT2D eigenvalue weighted by molar-refractivity contribution is -0.114. The summed E-state index contributed by atoms with van der Waals surface area (Å²) >= 11 is 0. The third-order valence-electron chi connectivity index (χ3n) is 4.21. The summed E-state index contributed by atoms with van der Waals surface area (Å²) in [7, 11) is -3.74. The molecule has 0 saturated heterocycles. The highest BCUT2D eigenvalue weighted by Gasteiger charge is 2.16. The van der Waals surface area contributed by atoms with Crippen LogP contribution in [0.3, 0.4) is 0 Å². The molecule has 1 saturated carbocycles. The number of pyridine rings is 1. The number of rotatable bonds is 6. The number of hydrogen-bond donors (Lipinski definition) is 3. The average Bonchev–Trinajstić information content (AvgIpc) is 3.09. The fourth-order valence-corrected chi connectivity index (χ4v) is 3.97. The zero-order chi connectivity index (χ0) is 18.6. The fourth-order valence-electron chi connectivity index (χ4n) is 2.96. The van der Waals surface area contributed by atoms with Crippen molar-refractivity contribution < 1.29 is 13.2 Å². The summed E-state index contributed by atoms with van der Waals surface area (Å²) < 4.78 is 27.4. The first kappa shape index (κ1) is 18.2. The van der Waals surface area contributed by atoms with Gasteiger partial charge >= 0.3 is 0 Å². The summed E-state index contributed by atoms with van der Waals surface area (Å²) in [5.41, 5.74) is 1.43. The first-order chi connectivity index (χ1) is 12.4. The van der Waals surface area contributed by atoms with Crippen molar-refractivity contribution in [3.8, 4) is 0 Å². The number of carbonyl (C=O) groups is 1. The van der Waals surface area contributed by atoms with Crippen LogP contribution < -0.4 is 15.4 Å². The third-order valence-corrected chi connectivity index (χ3v) is 5.58. The van der Waals surface area contributed by atoms with Crippen LogP contribution in [0.1, 0.15) is 32.6 Å². The van der Waals surface area contributed by atoms with Crippen LogP contribution in [-0.4, -0.2) is 25.4 Å². The van der Waals surface area contributed by atoms with E-state index in [1.54, 1.807) is 12.3 Å². The summed E-state index contributed by atoms with van der Waals surface area (Å²) in [5.74, 6) is 0.0437. The van der Waals surface area contributed by atoms with E-state index >= 15 is 0 Å². The van der Waals surface area contributed by atoms with Crippen molar-refractivity contribution in [3.63, 3.8) is 0 Å². The van der Waals surface area contributed by atoms with E-state index in [-0.39, 0.29) is 16.6 Å². The Labute approximate surface area is 153 Å². The molecule has 0 radical (unpaired) electrons. The minimum atomic E-state index is -3.74. The smallest absolute Gasteiger partial charge is 0.263 e. The highest BCUT2D eigenvalue weighted by atomic mass is 32.2. The molecule has 1 aliphatic carbocycles. The molecule has 3 N–H and O–H groups in total. The summed E-state index contributed by atoms with van der Waals surface area (Å²) in [5, 5.41) is 6.01. The molecule has 1 fully saturated rings. The number of sulfonamides is 1. The molecule has 1 aliphatic rings. The molecular formula is C18H22N4O3S. The molecule has 3 rings (SSSR count). The van der Waals surface area contributed by atoms with Crippen molar-refractivity contribution in [3.05, 3.63) is 42.6 Å². The Morgan fingerprint density at radius 3 is 2.27 bits per heavy atom. The van der Waals surface area contributed by atoms with Crippen molar-refractivity contribution in [2.24, 2.45) is 0 Å². The van der Waals surface area contributed by atoms with Gasteiger partial charge in [0.25, 0.3) is 10.0 Å². The molecule has 2 aromatic rings. The number of aromatic nitrogens is 1. The molecule has 138 valence electrons. The largest absolute Gasteiger partial charge is 0.381 e. The average molecular weight is 374 g/mol. The van der Waals surface area contributed by atoms with Gasteiger partial charge in [0, 0.05) is 18.7 Å². The minimum absolute atomic E-state index is 0.0987. The van der Waals surface area contributed by atoms with Gasteiger partial charge in [-0.25, -0.2) is 13.4 Å². The van der Waals surface area contributed by atoms with Gasteiger partial charge in [0.2, 0.25) is 5.91 Å². The maximum absolute atomic E-state index is 12.4. The van der Waals surface area contributed by atoms with Crippen LogP contribution in [-0.2, 0) is 14.8 Å².